The van der Waals surface area contributed by atoms with Gasteiger partial charge in [0.15, 0.2) is 5.78 Å². The summed E-state index contributed by atoms with van der Waals surface area (Å²) in [6, 6.07) is -1.66. The van der Waals surface area contributed by atoms with Crippen LogP contribution in [0.15, 0.2) is 0 Å². The molecule has 0 aromatic rings. The Morgan fingerprint density at radius 3 is 2.63 bits per heavy atom. The number of hydrogen-bond donors (Lipinski definition) is 2. The maximum Gasteiger partial charge on any atom is 0.305 e. The number of alkyl halides is 1. The highest BCUT2D eigenvalue weighted by molar-refractivity contribution is 5.93. The topological polar surface area (TPSA) is 86.7 Å². The maximum absolute atomic E-state index is 12.4. The van der Waals surface area contributed by atoms with E-state index in [1.54, 1.807) is 7.05 Å². The molecule has 2 N–H and O–H groups in total. The predicted molar refractivity (Wildman–Crippen MR) is 65.4 cm³/mol. The molecule has 6 nitrogen and oxygen atoms in total. The average Bonchev–Trinajstić information content (AvgIpc) is 2.36. The van der Waals surface area contributed by atoms with Crippen molar-refractivity contribution in [3.63, 3.8) is 0 Å². The van der Waals surface area contributed by atoms with Crippen molar-refractivity contribution in [3.05, 3.63) is 0 Å². The third-order valence-electron chi connectivity index (χ3n) is 3.29. The highest BCUT2D eigenvalue weighted by Crippen LogP contribution is 2.15. The van der Waals surface area contributed by atoms with Crippen molar-refractivity contribution >= 4 is 17.7 Å². The molecule has 1 heterocycles. The van der Waals surface area contributed by atoms with Gasteiger partial charge in [0.2, 0.25) is 5.91 Å². The lowest BCUT2D eigenvalue weighted by atomic mass is 10.0. The van der Waals surface area contributed by atoms with Crippen molar-refractivity contribution in [2.24, 2.45) is 0 Å². The number of ketones is 1. The Morgan fingerprint density at radius 2 is 2.11 bits per heavy atom. The van der Waals surface area contributed by atoms with Gasteiger partial charge in [-0.1, -0.05) is 6.42 Å². The molecule has 2 unspecified atom stereocenters. The van der Waals surface area contributed by atoms with Crippen LogP contribution in [-0.2, 0) is 14.4 Å². The first-order valence-electron chi connectivity index (χ1n) is 6.26. The first kappa shape index (κ1) is 15.6. The molecule has 1 rings (SSSR count). The standard InChI is InChI=1S/C12H19FN2O4/c1-15-5-3-2-4-9(15)12(19)14-8(6-11(17)18)10(16)7-13/h8-9H,2-7H2,1H3,(H,14,19)(H,17,18). The summed E-state index contributed by atoms with van der Waals surface area (Å²) in [5.74, 6) is -2.56. The third-order valence-corrected chi connectivity index (χ3v) is 3.29. The van der Waals surface area contributed by atoms with Crippen LogP contribution in [0.3, 0.4) is 0 Å². The number of amides is 1. The van der Waals surface area contributed by atoms with Gasteiger partial charge in [-0.15, -0.1) is 0 Å². The van der Waals surface area contributed by atoms with Crippen LogP contribution in [-0.4, -0.2) is 60.0 Å². The van der Waals surface area contributed by atoms with E-state index in [1.807, 2.05) is 4.90 Å². The largest absolute Gasteiger partial charge is 0.481 e. The van der Waals surface area contributed by atoms with E-state index in [1.165, 1.54) is 0 Å². The molecule has 0 radical (unpaired) electrons. The maximum atomic E-state index is 12.4. The first-order valence-corrected chi connectivity index (χ1v) is 6.26. The van der Waals surface area contributed by atoms with Crippen LogP contribution in [0.1, 0.15) is 25.7 Å². The summed E-state index contributed by atoms with van der Waals surface area (Å²) >= 11 is 0. The van der Waals surface area contributed by atoms with Gasteiger partial charge in [0.1, 0.15) is 12.7 Å². The second kappa shape index (κ2) is 7.18. The number of carbonyl (C=O) groups is 3. The number of likely N-dealkylation sites (tertiary alicyclic amines) is 1. The molecule has 1 aliphatic heterocycles. The van der Waals surface area contributed by atoms with Crippen LogP contribution < -0.4 is 5.32 Å². The highest BCUT2D eigenvalue weighted by atomic mass is 19.1. The third kappa shape index (κ3) is 4.59. The number of piperidine rings is 1. The minimum absolute atomic E-state index is 0.377. The van der Waals surface area contributed by atoms with Crippen LogP contribution in [0.2, 0.25) is 0 Å². The van der Waals surface area contributed by atoms with E-state index < -0.39 is 36.8 Å². The molecule has 1 fully saturated rings. The molecule has 0 aromatic carbocycles. The normalized spacial score (nSPS) is 21.7. The van der Waals surface area contributed by atoms with Crippen molar-refractivity contribution in [2.45, 2.75) is 37.8 Å². The van der Waals surface area contributed by atoms with Gasteiger partial charge in [-0.3, -0.25) is 19.3 Å². The quantitative estimate of drug-likeness (QED) is 0.710. The van der Waals surface area contributed by atoms with Gasteiger partial charge in [0.05, 0.1) is 12.5 Å². The average molecular weight is 274 g/mol. The van der Waals surface area contributed by atoms with Crippen LogP contribution >= 0.6 is 0 Å². The van der Waals surface area contributed by atoms with E-state index in [4.69, 9.17) is 5.11 Å². The summed E-state index contributed by atoms with van der Waals surface area (Å²) in [7, 11) is 1.80. The number of nitrogens with one attached hydrogen (secondary N) is 1. The lowest BCUT2D eigenvalue weighted by Gasteiger charge is -2.32. The van der Waals surface area contributed by atoms with Gasteiger partial charge in [-0.25, -0.2) is 4.39 Å². The van der Waals surface area contributed by atoms with E-state index in [0.717, 1.165) is 19.4 Å². The summed E-state index contributed by atoms with van der Waals surface area (Å²) in [4.78, 5) is 35.8. The molecule has 19 heavy (non-hydrogen) atoms. The Labute approximate surface area is 111 Å². The molecular formula is C12H19FN2O4. The summed E-state index contributed by atoms with van der Waals surface area (Å²) in [6.45, 7) is -0.503. The fourth-order valence-electron chi connectivity index (χ4n) is 2.19. The SMILES string of the molecule is CN1CCCCC1C(=O)NC(CC(=O)O)C(=O)CF. The van der Waals surface area contributed by atoms with Gasteiger partial charge in [-0.05, 0) is 26.4 Å². The van der Waals surface area contributed by atoms with Gasteiger partial charge in [-0.2, -0.15) is 0 Å². The molecule has 0 spiro atoms. The van der Waals surface area contributed by atoms with E-state index in [-0.39, 0.29) is 6.04 Å². The second-order valence-corrected chi connectivity index (χ2v) is 4.75. The number of aliphatic carboxylic acids is 1. The monoisotopic (exact) mass is 274 g/mol. The number of Topliss-reactive ketones (excluding diaryl/α,β-unsaturated/α-hetero) is 1. The number of likely N-dealkylation sites (N-methyl/N-ethyl adjacent to an activating group) is 1. The zero-order valence-electron chi connectivity index (χ0n) is 10.9. The molecule has 0 aromatic heterocycles. The Bertz CT molecular complexity index is 362. The van der Waals surface area contributed by atoms with Crippen LogP contribution in [0.4, 0.5) is 4.39 Å². The fraction of sp³-hybridized carbons (Fsp3) is 0.750. The molecule has 0 saturated carbocycles. The zero-order valence-corrected chi connectivity index (χ0v) is 10.9. The minimum atomic E-state index is -1.29. The molecular weight excluding hydrogens is 255 g/mol. The van der Waals surface area contributed by atoms with Gasteiger partial charge < -0.3 is 10.4 Å². The molecule has 1 amide bonds. The lowest BCUT2D eigenvalue weighted by Crippen LogP contribution is -2.52. The molecule has 1 saturated heterocycles. The fourth-order valence-corrected chi connectivity index (χ4v) is 2.19. The molecule has 7 heteroatoms. The smallest absolute Gasteiger partial charge is 0.305 e. The summed E-state index contributed by atoms with van der Waals surface area (Å²) < 4.78 is 12.4. The number of hydrogen-bond acceptors (Lipinski definition) is 4. The summed E-state index contributed by atoms with van der Waals surface area (Å²) in [6.07, 6.45) is 1.97. The van der Waals surface area contributed by atoms with E-state index in [2.05, 4.69) is 5.32 Å². The number of carboxylic acids is 1. The lowest BCUT2D eigenvalue weighted by molar-refractivity contribution is -0.140. The van der Waals surface area contributed by atoms with Crippen molar-refractivity contribution in [3.8, 4) is 0 Å². The highest BCUT2D eigenvalue weighted by Gasteiger charge is 2.30. The van der Waals surface area contributed by atoms with Gasteiger partial charge >= 0.3 is 5.97 Å². The van der Waals surface area contributed by atoms with Crippen LogP contribution in [0.5, 0.6) is 0 Å². The van der Waals surface area contributed by atoms with E-state index in [0.29, 0.717) is 6.42 Å². The number of halogens is 1. The predicted octanol–water partition coefficient (Wildman–Crippen LogP) is -0.0312. The van der Waals surface area contributed by atoms with Gasteiger partial charge in [0.25, 0.3) is 0 Å². The van der Waals surface area contributed by atoms with Crippen molar-refractivity contribution in [1.29, 1.82) is 0 Å². The number of nitrogens with zero attached hydrogens (tertiary/aromatic N) is 1. The zero-order chi connectivity index (χ0) is 14.4. The Balaban J connectivity index is 2.64. The number of carbonyl (C=O) groups excluding carboxylic acids is 2. The Morgan fingerprint density at radius 1 is 1.42 bits per heavy atom. The number of carboxylic acid groups (broad SMARTS) is 1. The second-order valence-electron chi connectivity index (χ2n) is 4.75. The van der Waals surface area contributed by atoms with E-state index >= 15 is 0 Å². The summed E-state index contributed by atoms with van der Waals surface area (Å²) in [5, 5.41) is 11.0. The number of rotatable bonds is 6. The van der Waals surface area contributed by atoms with Crippen LogP contribution in [0.25, 0.3) is 0 Å². The molecule has 108 valence electrons. The summed E-state index contributed by atoms with van der Waals surface area (Å²) in [5.41, 5.74) is 0. The Kier molecular flexibility index (Phi) is 5.88. The minimum Gasteiger partial charge on any atom is -0.481 e. The molecule has 1 aliphatic rings. The van der Waals surface area contributed by atoms with E-state index in [9.17, 15) is 18.8 Å². The Hall–Kier alpha value is -1.50. The van der Waals surface area contributed by atoms with Crippen molar-refractivity contribution < 1.29 is 23.9 Å². The molecule has 0 bridgehead atoms. The molecule has 0 aliphatic carbocycles. The van der Waals surface area contributed by atoms with Crippen LogP contribution in [0, 0.1) is 0 Å². The van der Waals surface area contributed by atoms with Crippen molar-refractivity contribution in [2.75, 3.05) is 20.3 Å². The first-order chi connectivity index (χ1) is 8.95. The van der Waals surface area contributed by atoms with Gasteiger partial charge in [0, 0.05) is 0 Å². The molecule has 2 atom stereocenters. The van der Waals surface area contributed by atoms with Crippen molar-refractivity contribution in [1.82, 2.24) is 10.2 Å².